The number of carboxylic acids is 1. The molecule has 2 aliphatic rings. The second-order valence-electron chi connectivity index (χ2n) is 7.65. The number of rotatable bonds is 7. The Balaban J connectivity index is 1.36. The highest BCUT2D eigenvalue weighted by Gasteiger charge is 2.53. The van der Waals surface area contributed by atoms with Crippen LogP contribution in [0, 0.1) is 0 Å². The van der Waals surface area contributed by atoms with Gasteiger partial charge in [0, 0.05) is 28.2 Å². The number of thiazole rings is 1. The number of hydrogen-bond acceptors (Lipinski definition) is 11. The average molecular weight is 531 g/mol. The Hall–Kier alpha value is -3.49. The monoisotopic (exact) mass is 530 g/mol. The molecule has 0 saturated carbocycles. The van der Waals surface area contributed by atoms with Crippen molar-refractivity contribution >= 4 is 73.1 Å². The molecule has 0 aliphatic carbocycles. The lowest BCUT2D eigenvalue weighted by Crippen LogP contribution is -2.71. The molecule has 0 aromatic carbocycles. The number of carbonyl (C=O) groups is 3. The zero-order valence-corrected chi connectivity index (χ0v) is 20.6. The van der Waals surface area contributed by atoms with Gasteiger partial charge < -0.3 is 25.8 Å². The van der Waals surface area contributed by atoms with Gasteiger partial charge in [-0.1, -0.05) is 5.16 Å². The number of nitrogens with two attached hydrogens (primary N) is 1. The van der Waals surface area contributed by atoms with Crippen molar-refractivity contribution in [3.63, 3.8) is 0 Å². The summed E-state index contributed by atoms with van der Waals surface area (Å²) in [6, 6.07) is 3.03. The summed E-state index contributed by atoms with van der Waals surface area (Å²) >= 11 is 4.09. The fraction of sp³-hybridized carbons (Fsp3) is 0.238. The van der Waals surface area contributed by atoms with Gasteiger partial charge in [-0.15, -0.1) is 34.4 Å². The lowest BCUT2D eigenvalue weighted by Gasteiger charge is -2.50. The van der Waals surface area contributed by atoms with Gasteiger partial charge in [-0.25, -0.2) is 4.98 Å². The van der Waals surface area contributed by atoms with E-state index in [9.17, 15) is 19.5 Å². The number of amides is 2. The van der Waals surface area contributed by atoms with Crippen LogP contribution in [0.2, 0.25) is 0 Å². The third-order valence-electron chi connectivity index (χ3n) is 5.52. The maximum Gasteiger partial charge on any atom is 0.276 e. The quantitative estimate of drug-likeness (QED) is 0.182. The second-order valence-corrected chi connectivity index (χ2v) is 10.6. The van der Waals surface area contributed by atoms with Gasteiger partial charge in [0.1, 0.15) is 24.2 Å². The number of thioether (sulfide) groups is 1. The molecule has 0 bridgehead atoms. The van der Waals surface area contributed by atoms with Gasteiger partial charge in [0.15, 0.2) is 29.8 Å². The summed E-state index contributed by atoms with van der Waals surface area (Å²) < 4.78 is 2.96. The molecule has 2 atom stereocenters. The highest BCUT2D eigenvalue weighted by atomic mass is 32.2. The van der Waals surface area contributed by atoms with Crippen molar-refractivity contribution in [1.29, 1.82) is 0 Å². The highest BCUT2D eigenvalue weighted by Crippen LogP contribution is 2.40. The number of carboxylic acid groups (broad SMARTS) is 1. The van der Waals surface area contributed by atoms with Crippen LogP contribution in [0.5, 0.6) is 0 Å². The Bertz CT molecular complexity index is 1410. The summed E-state index contributed by atoms with van der Waals surface area (Å²) in [5.41, 5.74) is 6.13. The first-order chi connectivity index (χ1) is 16.9. The normalized spacial score (nSPS) is 20.0. The molecular weight excluding hydrogens is 512 g/mol. The van der Waals surface area contributed by atoms with Gasteiger partial charge in [-0.3, -0.25) is 14.5 Å². The van der Waals surface area contributed by atoms with Crippen molar-refractivity contribution in [3.05, 3.63) is 52.3 Å². The van der Waals surface area contributed by atoms with E-state index in [0.29, 0.717) is 17.9 Å². The molecule has 1 saturated heterocycles. The lowest BCUT2D eigenvalue weighted by atomic mass is 10.0. The maximum absolute atomic E-state index is 13.0. The van der Waals surface area contributed by atoms with Crippen LogP contribution in [-0.4, -0.2) is 57.7 Å². The third-order valence-corrected chi connectivity index (χ3v) is 8.40. The number of hydrogen-bond donors (Lipinski definition) is 2. The van der Waals surface area contributed by atoms with Gasteiger partial charge in [-0.05, 0) is 11.4 Å². The van der Waals surface area contributed by atoms with E-state index < -0.39 is 29.2 Å². The number of oxime groups is 1. The van der Waals surface area contributed by atoms with Crippen molar-refractivity contribution < 1.29 is 28.9 Å². The molecule has 0 radical (unpaired) electrons. The molecule has 1 fully saturated rings. The zero-order valence-electron chi connectivity index (χ0n) is 18.2. The van der Waals surface area contributed by atoms with Crippen LogP contribution < -0.4 is 20.7 Å². The van der Waals surface area contributed by atoms with Gasteiger partial charge in [0.25, 0.3) is 11.8 Å². The van der Waals surface area contributed by atoms with E-state index in [4.69, 9.17) is 10.6 Å². The summed E-state index contributed by atoms with van der Waals surface area (Å²) in [5.74, 6) is -2.29. The Kier molecular flexibility index (Phi) is 6.17. The molecule has 3 aromatic heterocycles. The molecule has 2 aliphatic heterocycles. The standard InChI is InChI=1S/C21H18N6O5S3/c1-32-25-14(12-9-35-21(22)23-12)17(28)24-15-18(29)27-16(20(30)31)11(8-34-19(15)27)6-26-4-2-10-3-5-33-13(10)7-26/h2-5,7,9,15,19H,6,8H2,1H3,(H3-,22,23,24,28,30,31)/b25-14-/t15-,19-/m1/s1. The Labute approximate surface area is 210 Å². The lowest BCUT2D eigenvalue weighted by molar-refractivity contribution is -0.687. The molecule has 11 nitrogen and oxygen atoms in total. The molecule has 180 valence electrons. The number of nitrogens with one attached hydrogen (secondary N) is 1. The fourth-order valence-corrected chi connectivity index (χ4v) is 6.67. The predicted molar refractivity (Wildman–Crippen MR) is 129 cm³/mol. The van der Waals surface area contributed by atoms with Crippen molar-refractivity contribution in [2.75, 3.05) is 18.6 Å². The minimum Gasteiger partial charge on any atom is -0.543 e. The van der Waals surface area contributed by atoms with Gasteiger partial charge in [-0.2, -0.15) is 4.57 Å². The van der Waals surface area contributed by atoms with E-state index in [0.717, 1.165) is 21.4 Å². The number of aromatic nitrogens is 2. The summed E-state index contributed by atoms with van der Waals surface area (Å²) in [6.07, 6.45) is 3.81. The van der Waals surface area contributed by atoms with E-state index in [1.165, 1.54) is 23.8 Å². The van der Waals surface area contributed by atoms with Crippen LogP contribution >= 0.6 is 34.4 Å². The zero-order chi connectivity index (χ0) is 24.7. The van der Waals surface area contributed by atoms with Crippen LogP contribution in [0.4, 0.5) is 5.13 Å². The van der Waals surface area contributed by atoms with Crippen LogP contribution in [0.1, 0.15) is 5.69 Å². The first-order valence-electron chi connectivity index (χ1n) is 10.2. The summed E-state index contributed by atoms with van der Waals surface area (Å²) in [7, 11) is 1.28. The molecule has 35 heavy (non-hydrogen) atoms. The number of nitrogen functional groups attached to an aromatic ring is 1. The van der Waals surface area contributed by atoms with Crippen LogP contribution in [0.15, 0.2) is 51.7 Å². The van der Waals surface area contributed by atoms with E-state index in [1.54, 1.807) is 16.7 Å². The predicted octanol–water partition coefficient (Wildman–Crippen LogP) is -0.318. The van der Waals surface area contributed by atoms with Gasteiger partial charge in [0.05, 0.1) is 16.4 Å². The Morgan fingerprint density at radius 2 is 2.23 bits per heavy atom. The van der Waals surface area contributed by atoms with E-state index in [2.05, 4.69) is 15.5 Å². The number of β-lactam (4-membered cyclic amide) rings is 1. The first kappa shape index (κ1) is 23.3. The maximum atomic E-state index is 13.0. The van der Waals surface area contributed by atoms with Crippen LogP contribution in [0.3, 0.4) is 0 Å². The number of pyridine rings is 1. The second kappa shape index (κ2) is 9.28. The Morgan fingerprint density at radius 1 is 1.40 bits per heavy atom. The SMILES string of the molecule is CO/N=C(\C(=O)N[C@@H]1C(=O)N2C(C(=O)[O-])=C(C[n+]3ccc4ccsc4c3)CS[C@H]12)c1csc(N)n1. The number of fused-ring (bicyclic) bond motifs is 2. The summed E-state index contributed by atoms with van der Waals surface area (Å²) in [5, 5.41) is 22.7. The molecule has 3 aromatic rings. The van der Waals surface area contributed by atoms with Crippen molar-refractivity contribution in [2.24, 2.45) is 5.16 Å². The summed E-state index contributed by atoms with van der Waals surface area (Å²) in [6.45, 7) is 0.299. The highest BCUT2D eigenvalue weighted by molar-refractivity contribution is 8.00. The topological polar surface area (TPSA) is 154 Å². The third kappa shape index (κ3) is 4.24. The molecule has 5 rings (SSSR count). The first-order valence-corrected chi connectivity index (χ1v) is 13.1. The number of thiophene rings is 1. The van der Waals surface area contributed by atoms with Crippen molar-refractivity contribution in [3.8, 4) is 0 Å². The van der Waals surface area contributed by atoms with E-state index in [1.807, 2.05) is 34.5 Å². The van der Waals surface area contributed by atoms with Crippen molar-refractivity contribution in [1.82, 2.24) is 15.2 Å². The molecule has 3 N–H and O–H groups in total. The minimum atomic E-state index is -1.43. The molecule has 2 amide bonds. The summed E-state index contributed by atoms with van der Waals surface area (Å²) in [4.78, 5) is 47.8. The molecule has 0 unspecified atom stereocenters. The van der Waals surface area contributed by atoms with E-state index in [-0.39, 0.29) is 22.2 Å². The largest absolute Gasteiger partial charge is 0.543 e. The van der Waals surface area contributed by atoms with Crippen LogP contribution in [-0.2, 0) is 25.8 Å². The van der Waals surface area contributed by atoms with Crippen LogP contribution in [0.25, 0.3) is 10.1 Å². The number of nitrogens with zero attached hydrogens (tertiary/aromatic N) is 4. The van der Waals surface area contributed by atoms with Crippen molar-refractivity contribution in [2.45, 2.75) is 18.0 Å². The molecule has 0 spiro atoms. The number of anilines is 1. The smallest absolute Gasteiger partial charge is 0.276 e. The number of carbonyl (C=O) groups excluding carboxylic acids is 3. The fourth-order valence-electron chi connectivity index (χ4n) is 3.96. The van der Waals surface area contributed by atoms with Gasteiger partial charge in [0.2, 0.25) is 0 Å². The van der Waals surface area contributed by atoms with E-state index >= 15 is 0 Å². The van der Waals surface area contributed by atoms with Gasteiger partial charge >= 0.3 is 0 Å². The molecule has 14 heteroatoms. The number of aliphatic carboxylic acids is 1. The molecular formula is C21H18N6O5S3. The Morgan fingerprint density at radius 3 is 2.94 bits per heavy atom. The average Bonchev–Trinajstić information content (AvgIpc) is 3.48. The minimum absolute atomic E-state index is 0.135. The molecule has 5 heterocycles.